The molecular weight excluding hydrogens is 160 g/mol. The third kappa shape index (κ3) is 2.58. The van der Waals surface area contributed by atoms with Crippen molar-refractivity contribution in [2.45, 2.75) is 26.8 Å². The van der Waals surface area contributed by atoms with Crippen LogP contribution in [0.5, 0.6) is 0 Å². The first-order valence-corrected chi connectivity index (χ1v) is 4.52. The Morgan fingerprint density at radius 1 is 1.31 bits per heavy atom. The molecule has 1 aromatic carbocycles. The Labute approximate surface area is 79.5 Å². The summed E-state index contributed by atoms with van der Waals surface area (Å²) >= 11 is 0. The van der Waals surface area contributed by atoms with E-state index >= 15 is 0 Å². The van der Waals surface area contributed by atoms with Gasteiger partial charge >= 0.3 is 0 Å². The lowest BCUT2D eigenvalue weighted by atomic mass is 10.1. The molecule has 0 aliphatic heterocycles. The zero-order valence-corrected chi connectivity index (χ0v) is 8.39. The maximum atomic E-state index is 7.58. The van der Waals surface area contributed by atoms with E-state index in [9.17, 15) is 0 Å². The monoisotopic (exact) mass is 176 g/mol. The second-order valence-electron chi connectivity index (χ2n) is 3.47. The van der Waals surface area contributed by atoms with Gasteiger partial charge in [0.1, 0.15) is 0 Å². The first-order chi connectivity index (χ1) is 6.11. The Kier molecular flexibility index (Phi) is 3.07. The van der Waals surface area contributed by atoms with E-state index in [1.165, 1.54) is 0 Å². The molecule has 0 aliphatic rings. The molecular formula is C11H16N2. The van der Waals surface area contributed by atoms with Gasteiger partial charge in [-0.05, 0) is 26.8 Å². The maximum Gasteiger partial charge on any atom is 0.0433 e. The standard InChI is InChI=1S/C11H16N2/c1-8(2)13-11-7-5-4-6-10(11)9(3)12/h4-8,12-13H,1-3H3. The van der Waals surface area contributed by atoms with Crippen molar-refractivity contribution in [3.63, 3.8) is 0 Å². The molecule has 0 bridgehead atoms. The van der Waals surface area contributed by atoms with Crippen LogP contribution >= 0.6 is 0 Å². The van der Waals surface area contributed by atoms with E-state index in [1.54, 1.807) is 6.92 Å². The molecule has 1 rings (SSSR count). The molecule has 0 amide bonds. The number of benzene rings is 1. The van der Waals surface area contributed by atoms with Crippen molar-refractivity contribution in [3.8, 4) is 0 Å². The highest BCUT2D eigenvalue weighted by Crippen LogP contribution is 2.16. The number of anilines is 1. The van der Waals surface area contributed by atoms with Crippen LogP contribution < -0.4 is 5.32 Å². The van der Waals surface area contributed by atoms with Crippen molar-refractivity contribution in [3.05, 3.63) is 29.8 Å². The van der Waals surface area contributed by atoms with Gasteiger partial charge in [0.05, 0.1) is 0 Å². The molecule has 0 atom stereocenters. The van der Waals surface area contributed by atoms with E-state index in [-0.39, 0.29) is 0 Å². The summed E-state index contributed by atoms with van der Waals surface area (Å²) < 4.78 is 0. The Morgan fingerprint density at radius 2 is 1.92 bits per heavy atom. The number of hydrogen-bond acceptors (Lipinski definition) is 2. The van der Waals surface area contributed by atoms with Gasteiger partial charge in [-0.15, -0.1) is 0 Å². The molecule has 13 heavy (non-hydrogen) atoms. The summed E-state index contributed by atoms with van der Waals surface area (Å²) in [5.74, 6) is 0. The summed E-state index contributed by atoms with van der Waals surface area (Å²) in [6, 6.07) is 8.32. The maximum absolute atomic E-state index is 7.58. The smallest absolute Gasteiger partial charge is 0.0433 e. The van der Waals surface area contributed by atoms with Crippen molar-refractivity contribution >= 4 is 11.4 Å². The lowest BCUT2D eigenvalue weighted by molar-refractivity contribution is 0.899. The molecule has 0 unspecified atom stereocenters. The van der Waals surface area contributed by atoms with Gasteiger partial charge in [0.25, 0.3) is 0 Å². The van der Waals surface area contributed by atoms with Crippen LogP contribution in [0.3, 0.4) is 0 Å². The molecule has 2 heteroatoms. The molecule has 0 heterocycles. The van der Waals surface area contributed by atoms with Crippen molar-refractivity contribution in [2.24, 2.45) is 0 Å². The highest BCUT2D eigenvalue weighted by molar-refractivity contribution is 6.01. The minimum absolute atomic E-state index is 0.403. The zero-order valence-electron chi connectivity index (χ0n) is 8.39. The van der Waals surface area contributed by atoms with Gasteiger partial charge in [-0.25, -0.2) is 0 Å². The molecule has 2 nitrogen and oxygen atoms in total. The third-order valence-electron chi connectivity index (χ3n) is 1.78. The first kappa shape index (κ1) is 9.78. The van der Waals surface area contributed by atoms with Gasteiger partial charge in [-0.3, -0.25) is 0 Å². The second kappa shape index (κ2) is 4.08. The Bertz CT molecular complexity index is 303. The molecule has 0 aromatic heterocycles. The first-order valence-electron chi connectivity index (χ1n) is 4.52. The molecule has 1 aromatic rings. The second-order valence-corrected chi connectivity index (χ2v) is 3.47. The molecule has 0 saturated heterocycles. The van der Waals surface area contributed by atoms with E-state index in [4.69, 9.17) is 5.41 Å². The van der Waals surface area contributed by atoms with Crippen LogP contribution in [0.4, 0.5) is 5.69 Å². The van der Waals surface area contributed by atoms with Crippen molar-refractivity contribution < 1.29 is 0 Å². The van der Waals surface area contributed by atoms with Gasteiger partial charge < -0.3 is 10.7 Å². The van der Waals surface area contributed by atoms with Crippen LogP contribution in [0.1, 0.15) is 26.3 Å². The zero-order chi connectivity index (χ0) is 9.84. The Hall–Kier alpha value is -1.31. The van der Waals surface area contributed by atoms with Gasteiger partial charge in [0, 0.05) is 23.0 Å². The molecule has 0 radical (unpaired) electrons. The van der Waals surface area contributed by atoms with E-state index in [1.807, 2.05) is 24.3 Å². The van der Waals surface area contributed by atoms with E-state index in [0.29, 0.717) is 11.8 Å². The van der Waals surface area contributed by atoms with Gasteiger partial charge in [0.15, 0.2) is 0 Å². The van der Waals surface area contributed by atoms with Crippen LogP contribution in [-0.2, 0) is 0 Å². The fourth-order valence-electron chi connectivity index (χ4n) is 1.25. The summed E-state index contributed by atoms with van der Waals surface area (Å²) in [5, 5.41) is 10.9. The Morgan fingerprint density at radius 3 is 2.46 bits per heavy atom. The quantitative estimate of drug-likeness (QED) is 0.682. The van der Waals surface area contributed by atoms with Crippen molar-refractivity contribution in [1.82, 2.24) is 0 Å². The third-order valence-corrected chi connectivity index (χ3v) is 1.78. The lowest BCUT2D eigenvalue weighted by Crippen LogP contribution is -2.12. The minimum Gasteiger partial charge on any atom is -0.382 e. The molecule has 70 valence electrons. The Balaban J connectivity index is 2.98. The average molecular weight is 176 g/mol. The van der Waals surface area contributed by atoms with Crippen LogP contribution in [0, 0.1) is 5.41 Å². The number of para-hydroxylation sites is 1. The van der Waals surface area contributed by atoms with E-state index in [0.717, 1.165) is 11.3 Å². The van der Waals surface area contributed by atoms with Gasteiger partial charge in [-0.1, -0.05) is 18.2 Å². The molecule has 0 saturated carbocycles. The summed E-state index contributed by atoms with van der Waals surface area (Å²) in [7, 11) is 0. The summed E-state index contributed by atoms with van der Waals surface area (Å²) in [4.78, 5) is 0. The topological polar surface area (TPSA) is 35.9 Å². The number of hydrogen-bond donors (Lipinski definition) is 2. The normalized spacial score (nSPS) is 10.2. The lowest BCUT2D eigenvalue weighted by Gasteiger charge is -2.13. The highest BCUT2D eigenvalue weighted by Gasteiger charge is 2.03. The van der Waals surface area contributed by atoms with Crippen LogP contribution in [-0.4, -0.2) is 11.8 Å². The summed E-state index contributed by atoms with van der Waals surface area (Å²) in [5.41, 5.74) is 2.63. The summed E-state index contributed by atoms with van der Waals surface area (Å²) in [6.45, 7) is 5.99. The molecule has 2 N–H and O–H groups in total. The molecule has 0 fully saturated rings. The van der Waals surface area contributed by atoms with E-state index < -0.39 is 0 Å². The highest BCUT2D eigenvalue weighted by atomic mass is 14.9. The predicted octanol–water partition coefficient (Wildman–Crippen LogP) is 2.89. The molecule has 0 aliphatic carbocycles. The SMILES string of the molecule is CC(=N)c1ccccc1NC(C)C. The largest absolute Gasteiger partial charge is 0.382 e. The van der Waals surface area contributed by atoms with Gasteiger partial charge in [0.2, 0.25) is 0 Å². The summed E-state index contributed by atoms with van der Waals surface area (Å²) in [6.07, 6.45) is 0. The molecule has 0 spiro atoms. The predicted molar refractivity (Wildman–Crippen MR) is 57.7 cm³/mol. The number of nitrogens with one attached hydrogen (secondary N) is 2. The van der Waals surface area contributed by atoms with E-state index in [2.05, 4.69) is 19.2 Å². The fourth-order valence-corrected chi connectivity index (χ4v) is 1.25. The fraction of sp³-hybridized carbons (Fsp3) is 0.364. The van der Waals surface area contributed by atoms with Crippen LogP contribution in [0.2, 0.25) is 0 Å². The average Bonchev–Trinajstić information content (AvgIpc) is 2.03. The minimum atomic E-state index is 0.403. The number of rotatable bonds is 3. The van der Waals surface area contributed by atoms with Crippen molar-refractivity contribution in [1.29, 1.82) is 5.41 Å². The van der Waals surface area contributed by atoms with Crippen molar-refractivity contribution in [2.75, 3.05) is 5.32 Å². The van der Waals surface area contributed by atoms with Crippen LogP contribution in [0.25, 0.3) is 0 Å². The van der Waals surface area contributed by atoms with Gasteiger partial charge in [-0.2, -0.15) is 0 Å². The van der Waals surface area contributed by atoms with Crippen LogP contribution in [0.15, 0.2) is 24.3 Å².